The Kier molecular flexibility index (Phi) is 4.25. The second kappa shape index (κ2) is 5.00. The van der Waals surface area contributed by atoms with Crippen LogP contribution >= 0.6 is 0 Å². The van der Waals surface area contributed by atoms with Gasteiger partial charge in [-0.15, -0.1) is 0 Å². The van der Waals surface area contributed by atoms with Gasteiger partial charge in [0.15, 0.2) is 0 Å². The Labute approximate surface area is 88.4 Å². The van der Waals surface area contributed by atoms with Gasteiger partial charge in [-0.1, -0.05) is 30.3 Å². The van der Waals surface area contributed by atoms with Crippen molar-refractivity contribution in [2.24, 2.45) is 0 Å². The van der Waals surface area contributed by atoms with E-state index >= 15 is 0 Å². The molecule has 0 aliphatic carbocycles. The highest BCUT2D eigenvalue weighted by Crippen LogP contribution is 2.04. The van der Waals surface area contributed by atoms with Crippen LogP contribution in [0.4, 0.5) is 0 Å². The first kappa shape index (κ1) is 11.0. The first-order valence-electron chi connectivity index (χ1n) is 4.00. The van der Waals surface area contributed by atoms with E-state index in [1.165, 1.54) is 0 Å². The van der Waals surface area contributed by atoms with Crippen LogP contribution in [-0.4, -0.2) is 40.3 Å². The molecule has 0 aliphatic rings. The lowest BCUT2D eigenvalue weighted by atomic mass is 10.4. The minimum absolute atomic E-state index is 0.656. The van der Waals surface area contributed by atoms with Crippen LogP contribution in [0, 0.1) is 0 Å². The summed E-state index contributed by atoms with van der Waals surface area (Å²) in [6, 6.07) is 9.98. The summed E-state index contributed by atoms with van der Waals surface area (Å²) in [5.41, 5.74) is 0. The standard InChI is InChI=1S/C6H14O3Si4/c10-7-13(8-11,9-12)6-4-2-1-3-5-6/h1-5H,10-12H3. The van der Waals surface area contributed by atoms with Gasteiger partial charge in [0.2, 0.25) is 0 Å². The van der Waals surface area contributed by atoms with Crippen LogP contribution in [0.1, 0.15) is 0 Å². The van der Waals surface area contributed by atoms with Crippen molar-refractivity contribution < 1.29 is 12.3 Å². The summed E-state index contributed by atoms with van der Waals surface area (Å²) in [5.74, 6) is 0. The van der Waals surface area contributed by atoms with Crippen LogP contribution in [0.3, 0.4) is 0 Å². The maximum atomic E-state index is 5.53. The molecule has 0 bridgehead atoms. The highest BCUT2D eigenvalue weighted by atomic mass is 28.5. The highest BCUT2D eigenvalue weighted by Gasteiger charge is 2.37. The smallest absolute Gasteiger partial charge is 0.422 e. The lowest BCUT2D eigenvalue weighted by Crippen LogP contribution is -2.55. The topological polar surface area (TPSA) is 27.7 Å². The average Bonchev–Trinajstić information content (AvgIpc) is 2.23. The zero-order valence-electron chi connectivity index (χ0n) is 8.11. The van der Waals surface area contributed by atoms with Gasteiger partial charge in [0, 0.05) is 5.19 Å². The first-order chi connectivity index (χ1) is 6.29. The summed E-state index contributed by atoms with van der Waals surface area (Å²) in [4.78, 5) is 0. The summed E-state index contributed by atoms with van der Waals surface area (Å²) in [5, 5.41) is 1.08. The minimum Gasteiger partial charge on any atom is -0.422 e. The Morgan fingerprint density at radius 3 is 1.69 bits per heavy atom. The number of benzene rings is 1. The van der Waals surface area contributed by atoms with Crippen molar-refractivity contribution in [1.29, 1.82) is 0 Å². The largest absolute Gasteiger partial charge is 0.503 e. The maximum Gasteiger partial charge on any atom is 0.503 e. The summed E-state index contributed by atoms with van der Waals surface area (Å²) in [7, 11) is -0.439. The molecule has 3 nitrogen and oxygen atoms in total. The SMILES string of the molecule is [SiH3]O[Si](O[SiH3])(O[SiH3])c1ccccc1. The molecule has 0 atom stereocenters. The van der Waals surface area contributed by atoms with Crippen molar-refractivity contribution in [3.63, 3.8) is 0 Å². The molecule has 1 aromatic rings. The summed E-state index contributed by atoms with van der Waals surface area (Å²) < 4.78 is 16.6. The van der Waals surface area contributed by atoms with E-state index in [4.69, 9.17) is 12.3 Å². The molecule has 0 radical (unpaired) electrons. The van der Waals surface area contributed by atoms with Crippen LogP contribution in [-0.2, 0) is 12.3 Å². The van der Waals surface area contributed by atoms with Gasteiger partial charge < -0.3 is 12.3 Å². The van der Waals surface area contributed by atoms with Crippen molar-refractivity contribution in [1.82, 2.24) is 0 Å². The van der Waals surface area contributed by atoms with Crippen LogP contribution in [0.2, 0.25) is 0 Å². The number of rotatable bonds is 4. The molecule has 0 spiro atoms. The zero-order chi connectivity index (χ0) is 9.73. The minimum atomic E-state index is -2.41. The van der Waals surface area contributed by atoms with E-state index in [9.17, 15) is 0 Å². The van der Waals surface area contributed by atoms with Gasteiger partial charge in [-0.2, -0.15) is 0 Å². The fourth-order valence-corrected chi connectivity index (χ4v) is 11.2. The van der Waals surface area contributed by atoms with E-state index < -0.39 is 8.80 Å². The maximum absolute atomic E-state index is 5.53. The fourth-order valence-electron chi connectivity index (χ4n) is 1.25. The molecule has 0 aliphatic heterocycles. The molecule has 0 heterocycles. The quantitative estimate of drug-likeness (QED) is 0.522. The molecular weight excluding hydrogens is 232 g/mol. The third-order valence-corrected chi connectivity index (χ3v) is 9.42. The molecule has 1 rings (SSSR count). The molecule has 0 saturated carbocycles. The van der Waals surface area contributed by atoms with Crippen molar-refractivity contribution in [3.05, 3.63) is 30.3 Å². The highest BCUT2D eigenvalue weighted by molar-refractivity contribution is 6.81. The Morgan fingerprint density at radius 1 is 0.846 bits per heavy atom. The van der Waals surface area contributed by atoms with Crippen LogP contribution < -0.4 is 5.19 Å². The molecule has 0 unspecified atom stereocenters. The third kappa shape index (κ3) is 2.25. The fraction of sp³-hybridized carbons (Fsp3) is 0. The van der Waals surface area contributed by atoms with E-state index in [1.54, 1.807) is 0 Å². The van der Waals surface area contributed by atoms with E-state index in [1.807, 2.05) is 30.3 Å². The Bertz CT molecular complexity index is 243. The molecule has 0 saturated heterocycles. The summed E-state index contributed by atoms with van der Waals surface area (Å²) >= 11 is 0. The number of hydrogen-bond acceptors (Lipinski definition) is 3. The van der Waals surface area contributed by atoms with Gasteiger partial charge in [-0.3, -0.25) is 0 Å². The Hall–Kier alpha value is -0.0325. The molecule has 7 heteroatoms. The van der Waals surface area contributed by atoms with Crippen molar-refractivity contribution in [2.45, 2.75) is 0 Å². The predicted molar refractivity (Wildman–Crippen MR) is 64.9 cm³/mol. The van der Waals surface area contributed by atoms with Crippen molar-refractivity contribution in [2.75, 3.05) is 0 Å². The van der Waals surface area contributed by atoms with Gasteiger partial charge in [-0.25, -0.2) is 0 Å². The lowest BCUT2D eigenvalue weighted by Gasteiger charge is -2.26. The first-order valence-corrected chi connectivity index (χ1v) is 8.17. The Morgan fingerprint density at radius 2 is 1.31 bits per heavy atom. The van der Waals surface area contributed by atoms with Crippen LogP contribution in [0.25, 0.3) is 0 Å². The molecule has 0 aromatic heterocycles. The molecular formula is C6H14O3Si4. The van der Waals surface area contributed by atoms with Crippen LogP contribution in [0.15, 0.2) is 30.3 Å². The second-order valence-corrected chi connectivity index (χ2v) is 9.12. The average molecular weight is 247 g/mol. The molecule has 0 amide bonds. The molecule has 0 fully saturated rings. The Balaban J connectivity index is 3.01. The summed E-state index contributed by atoms with van der Waals surface area (Å²) in [6.07, 6.45) is 0. The van der Waals surface area contributed by atoms with Crippen molar-refractivity contribution >= 4 is 45.4 Å². The monoisotopic (exact) mass is 246 g/mol. The van der Waals surface area contributed by atoms with Gasteiger partial charge in [0.05, 0.1) is 0 Å². The zero-order valence-corrected chi connectivity index (χ0v) is 15.1. The molecule has 13 heavy (non-hydrogen) atoms. The second-order valence-electron chi connectivity index (χ2n) is 2.53. The van der Waals surface area contributed by atoms with Gasteiger partial charge >= 0.3 is 8.80 Å². The van der Waals surface area contributed by atoms with Crippen molar-refractivity contribution in [3.8, 4) is 0 Å². The van der Waals surface area contributed by atoms with E-state index in [0.717, 1.165) is 5.19 Å². The summed E-state index contributed by atoms with van der Waals surface area (Å²) in [6.45, 7) is 0. The van der Waals surface area contributed by atoms with Gasteiger partial charge in [0.1, 0.15) is 31.5 Å². The molecule has 1 aromatic carbocycles. The van der Waals surface area contributed by atoms with E-state index in [0.29, 0.717) is 31.5 Å². The van der Waals surface area contributed by atoms with E-state index in [2.05, 4.69) is 0 Å². The van der Waals surface area contributed by atoms with Crippen LogP contribution in [0.5, 0.6) is 0 Å². The lowest BCUT2D eigenvalue weighted by molar-refractivity contribution is 0.318. The molecule has 0 N–H and O–H groups in total. The van der Waals surface area contributed by atoms with Gasteiger partial charge in [0.25, 0.3) is 0 Å². The van der Waals surface area contributed by atoms with E-state index in [-0.39, 0.29) is 0 Å². The third-order valence-electron chi connectivity index (χ3n) is 1.93. The normalized spacial score (nSPS) is 16.0. The predicted octanol–water partition coefficient (Wildman–Crippen LogP) is -3.28. The number of hydrogen-bond donors (Lipinski definition) is 0. The molecule has 72 valence electrons. The van der Waals surface area contributed by atoms with Gasteiger partial charge in [-0.05, 0) is 0 Å².